The van der Waals surface area contributed by atoms with Crippen LogP contribution in [0.5, 0.6) is 0 Å². The molecule has 6 heteroatoms. The van der Waals surface area contributed by atoms with Crippen LogP contribution in [0.1, 0.15) is 96.8 Å². The van der Waals surface area contributed by atoms with Gasteiger partial charge in [0.15, 0.2) is 0 Å². The van der Waals surface area contributed by atoms with Crippen molar-refractivity contribution in [2.24, 2.45) is 5.41 Å². The number of rotatable bonds is 14. The number of hydrogen-bond donors (Lipinski definition) is 3. The van der Waals surface area contributed by atoms with Crippen LogP contribution in [0.2, 0.25) is 0 Å². The van der Waals surface area contributed by atoms with E-state index in [2.05, 4.69) is 6.92 Å². The maximum atomic E-state index is 10.9. The van der Waals surface area contributed by atoms with Crippen molar-refractivity contribution < 1.29 is 24.0 Å². The molecule has 24 heavy (non-hydrogen) atoms. The molecule has 2 saturated carbocycles. The highest BCUT2D eigenvalue weighted by atomic mass is 31.2. The van der Waals surface area contributed by atoms with Crippen LogP contribution < -0.4 is 0 Å². The summed E-state index contributed by atoms with van der Waals surface area (Å²) in [4.78, 5) is 17.8. The number of aliphatic hydroxyl groups is 1. The molecule has 2 rings (SSSR count). The second-order valence-electron chi connectivity index (χ2n) is 8.43. The van der Waals surface area contributed by atoms with Gasteiger partial charge in [-0.3, -0.25) is 4.52 Å². The molecular formula is C18H35O5P. The van der Waals surface area contributed by atoms with Crippen LogP contribution in [0, 0.1) is 5.41 Å². The Kier molecular flexibility index (Phi) is 7.34. The first-order valence-corrected chi connectivity index (χ1v) is 11.2. The molecule has 142 valence electrons. The Morgan fingerprint density at radius 3 is 1.92 bits per heavy atom. The third-order valence-electron chi connectivity index (χ3n) is 5.71. The van der Waals surface area contributed by atoms with E-state index in [4.69, 9.17) is 14.3 Å². The zero-order valence-corrected chi connectivity index (χ0v) is 16.0. The standard InChI is InChI=1S/C18H35O5P/c1-17(12-13-17)10-6-2-4-8-16(19)9-5-3-7-11-18(14-15-18)23-24(20,21)22/h16,19H,2-15H2,1H3,(H2,20,21,22). The Morgan fingerprint density at radius 2 is 1.46 bits per heavy atom. The highest BCUT2D eigenvalue weighted by molar-refractivity contribution is 7.46. The molecule has 1 atom stereocenters. The normalized spacial score (nSPS) is 22.3. The van der Waals surface area contributed by atoms with Crippen LogP contribution in [0.3, 0.4) is 0 Å². The van der Waals surface area contributed by atoms with Gasteiger partial charge in [-0.2, -0.15) is 0 Å². The number of hydrogen-bond acceptors (Lipinski definition) is 3. The lowest BCUT2D eigenvalue weighted by Crippen LogP contribution is -2.12. The van der Waals surface area contributed by atoms with Crippen molar-refractivity contribution in [2.75, 3.05) is 0 Å². The molecule has 0 amide bonds. The summed E-state index contributed by atoms with van der Waals surface area (Å²) >= 11 is 0. The minimum Gasteiger partial charge on any atom is -0.393 e. The molecule has 2 aliphatic rings. The lowest BCUT2D eigenvalue weighted by Gasteiger charge is -2.17. The van der Waals surface area contributed by atoms with Crippen LogP contribution in [0.4, 0.5) is 0 Å². The molecule has 0 aromatic carbocycles. The zero-order valence-electron chi connectivity index (χ0n) is 15.1. The number of phosphoric ester groups is 1. The predicted molar refractivity (Wildman–Crippen MR) is 94.6 cm³/mol. The number of unbranched alkanes of at least 4 members (excludes halogenated alkanes) is 4. The molecule has 0 heterocycles. The molecule has 0 saturated heterocycles. The molecule has 2 aliphatic carbocycles. The topological polar surface area (TPSA) is 87.0 Å². The van der Waals surface area contributed by atoms with E-state index in [1.165, 1.54) is 32.1 Å². The van der Waals surface area contributed by atoms with Crippen molar-refractivity contribution in [3.8, 4) is 0 Å². The minimum absolute atomic E-state index is 0.192. The molecule has 0 spiro atoms. The summed E-state index contributed by atoms with van der Waals surface area (Å²) in [6.07, 6.45) is 14.4. The smallest absolute Gasteiger partial charge is 0.393 e. The molecule has 0 radical (unpaired) electrons. The average molecular weight is 362 g/mol. The van der Waals surface area contributed by atoms with E-state index in [9.17, 15) is 9.67 Å². The monoisotopic (exact) mass is 362 g/mol. The van der Waals surface area contributed by atoms with E-state index in [1.807, 2.05) is 0 Å². The van der Waals surface area contributed by atoms with Crippen LogP contribution in [-0.4, -0.2) is 26.6 Å². The maximum Gasteiger partial charge on any atom is 0.470 e. The first kappa shape index (κ1) is 20.4. The van der Waals surface area contributed by atoms with Gasteiger partial charge in [-0.25, -0.2) is 4.57 Å². The van der Waals surface area contributed by atoms with Gasteiger partial charge in [0, 0.05) is 0 Å². The van der Waals surface area contributed by atoms with Gasteiger partial charge in [0.2, 0.25) is 0 Å². The van der Waals surface area contributed by atoms with Gasteiger partial charge in [-0.05, 0) is 56.8 Å². The number of aliphatic hydroxyl groups excluding tert-OH is 1. The van der Waals surface area contributed by atoms with Gasteiger partial charge < -0.3 is 14.9 Å². The Hall–Kier alpha value is 0.0700. The van der Waals surface area contributed by atoms with Gasteiger partial charge in [0.05, 0.1) is 11.7 Å². The van der Waals surface area contributed by atoms with Crippen molar-refractivity contribution in [1.29, 1.82) is 0 Å². The molecule has 2 fully saturated rings. The fraction of sp³-hybridized carbons (Fsp3) is 1.00. The van der Waals surface area contributed by atoms with Crippen molar-refractivity contribution in [2.45, 2.75) is 109 Å². The van der Waals surface area contributed by atoms with E-state index in [0.717, 1.165) is 51.4 Å². The van der Waals surface area contributed by atoms with Crippen LogP contribution in [0.15, 0.2) is 0 Å². The largest absolute Gasteiger partial charge is 0.470 e. The van der Waals surface area contributed by atoms with Crippen LogP contribution in [-0.2, 0) is 9.09 Å². The van der Waals surface area contributed by atoms with E-state index >= 15 is 0 Å². The highest BCUT2D eigenvalue weighted by Gasteiger charge is 2.47. The third kappa shape index (κ3) is 8.44. The molecule has 5 nitrogen and oxygen atoms in total. The maximum absolute atomic E-state index is 10.9. The van der Waals surface area contributed by atoms with Gasteiger partial charge in [0.1, 0.15) is 0 Å². The van der Waals surface area contributed by atoms with E-state index in [0.29, 0.717) is 11.8 Å². The summed E-state index contributed by atoms with van der Waals surface area (Å²) in [5, 5.41) is 10.0. The van der Waals surface area contributed by atoms with Gasteiger partial charge in [-0.1, -0.05) is 45.4 Å². The van der Waals surface area contributed by atoms with Gasteiger partial charge in [0.25, 0.3) is 0 Å². The Morgan fingerprint density at radius 1 is 0.917 bits per heavy atom. The molecular weight excluding hydrogens is 327 g/mol. The summed E-state index contributed by atoms with van der Waals surface area (Å²) < 4.78 is 15.8. The summed E-state index contributed by atoms with van der Waals surface area (Å²) in [7, 11) is -4.36. The predicted octanol–water partition coefficient (Wildman–Crippen LogP) is 4.69. The molecule has 3 N–H and O–H groups in total. The van der Waals surface area contributed by atoms with Crippen molar-refractivity contribution >= 4 is 7.82 Å². The summed E-state index contributed by atoms with van der Waals surface area (Å²) in [6.45, 7) is 2.37. The van der Waals surface area contributed by atoms with Gasteiger partial charge in [-0.15, -0.1) is 0 Å². The van der Waals surface area contributed by atoms with Gasteiger partial charge >= 0.3 is 7.82 Å². The number of phosphoric acid groups is 1. The van der Waals surface area contributed by atoms with Crippen molar-refractivity contribution in [3.05, 3.63) is 0 Å². The summed E-state index contributed by atoms with van der Waals surface area (Å²) in [5.41, 5.74) is 0.0941. The van der Waals surface area contributed by atoms with Crippen LogP contribution in [0.25, 0.3) is 0 Å². The SMILES string of the molecule is CC1(CCCCCC(O)CCCCCC2(OP(=O)(O)O)CC2)CC1. The van der Waals surface area contributed by atoms with Crippen molar-refractivity contribution in [1.82, 2.24) is 0 Å². The lowest BCUT2D eigenvalue weighted by atomic mass is 9.98. The fourth-order valence-electron chi connectivity index (χ4n) is 3.50. The second-order valence-corrected chi connectivity index (χ2v) is 9.59. The molecule has 0 aliphatic heterocycles. The molecule has 0 aromatic rings. The first-order chi connectivity index (χ1) is 11.2. The Bertz CT molecular complexity index is 425. The molecule has 0 aromatic heterocycles. The van der Waals surface area contributed by atoms with Crippen LogP contribution >= 0.6 is 7.82 Å². The lowest BCUT2D eigenvalue weighted by molar-refractivity contribution is 0.106. The average Bonchev–Trinajstić information content (AvgIpc) is 3.37. The first-order valence-electron chi connectivity index (χ1n) is 9.67. The summed E-state index contributed by atoms with van der Waals surface area (Å²) in [6, 6.07) is 0. The Labute approximate surface area is 146 Å². The quantitative estimate of drug-likeness (QED) is 0.308. The molecule has 1 unspecified atom stereocenters. The van der Waals surface area contributed by atoms with E-state index < -0.39 is 13.4 Å². The van der Waals surface area contributed by atoms with Crippen molar-refractivity contribution in [3.63, 3.8) is 0 Å². The highest BCUT2D eigenvalue weighted by Crippen LogP contribution is 2.54. The Balaban J connectivity index is 1.40. The fourth-order valence-corrected chi connectivity index (χ4v) is 4.28. The van der Waals surface area contributed by atoms with E-state index in [1.54, 1.807) is 0 Å². The molecule has 0 bridgehead atoms. The van der Waals surface area contributed by atoms with E-state index in [-0.39, 0.29) is 6.10 Å². The summed E-state index contributed by atoms with van der Waals surface area (Å²) in [5.74, 6) is 0. The zero-order chi connectivity index (χ0) is 17.7. The minimum atomic E-state index is -4.36. The third-order valence-corrected chi connectivity index (χ3v) is 6.34. The second kappa shape index (κ2) is 8.64.